The van der Waals surface area contributed by atoms with E-state index in [4.69, 9.17) is 9.47 Å². The molecule has 3 aliphatic heterocycles. The summed E-state index contributed by atoms with van der Waals surface area (Å²) >= 11 is 0. The van der Waals surface area contributed by atoms with E-state index in [9.17, 15) is 4.79 Å². The molecule has 7 nitrogen and oxygen atoms in total. The molecule has 5 rings (SSSR count). The van der Waals surface area contributed by atoms with Gasteiger partial charge >= 0.3 is 0 Å². The molecule has 2 aromatic rings. The third kappa shape index (κ3) is 3.61. The molecule has 1 aromatic heterocycles. The van der Waals surface area contributed by atoms with Gasteiger partial charge in [-0.25, -0.2) is 4.98 Å². The number of nitrogens with zero attached hydrogens (tertiary/aromatic N) is 4. The highest BCUT2D eigenvalue weighted by atomic mass is 16.6. The monoisotopic (exact) mass is 394 g/mol. The van der Waals surface area contributed by atoms with Gasteiger partial charge in [0.05, 0.1) is 12.2 Å². The van der Waals surface area contributed by atoms with Gasteiger partial charge in [-0.15, -0.1) is 0 Å². The SMILES string of the molecule is O=C(C1CCN(c2cnccn2)CC1)N1CCCC1c1ccc2c(c1)OCCO2. The van der Waals surface area contributed by atoms with Gasteiger partial charge in [-0.1, -0.05) is 6.07 Å². The first-order valence-corrected chi connectivity index (χ1v) is 10.5. The summed E-state index contributed by atoms with van der Waals surface area (Å²) < 4.78 is 11.4. The lowest BCUT2D eigenvalue weighted by molar-refractivity contribution is -0.137. The molecule has 1 aromatic carbocycles. The van der Waals surface area contributed by atoms with E-state index in [1.807, 2.05) is 6.07 Å². The van der Waals surface area contributed by atoms with Crippen molar-refractivity contribution in [3.05, 3.63) is 42.4 Å². The van der Waals surface area contributed by atoms with Crippen molar-refractivity contribution in [1.82, 2.24) is 14.9 Å². The Labute approximate surface area is 170 Å². The summed E-state index contributed by atoms with van der Waals surface area (Å²) in [4.78, 5) is 26.2. The number of amides is 1. The Morgan fingerprint density at radius 2 is 1.83 bits per heavy atom. The number of ether oxygens (including phenoxy) is 2. The fraction of sp³-hybridized carbons (Fsp3) is 0.500. The number of carbonyl (C=O) groups is 1. The second kappa shape index (κ2) is 7.89. The van der Waals surface area contributed by atoms with Crippen LogP contribution < -0.4 is 14.4 Å². The van der Waals surface area contributed by atoms with Crippen molar-refractivity contribution in [1.29, 1.82) is 0 Å². The molecule has 2 fully saturated rings. The molecule has 3 aliphatic rings. The van der Waals surface area contributed by atoms with Crippen molar-refractivity contribution in [3.8, 4) is 11.5 Å². The Kier molecular flexibility index (Phi) is 4.96. The molecule has 1 atom stereocenters. The molecule has 0 N–H and O–H groups in total. The van der Waals surface area contributed by atoms with Crippen LogP contribution in [0.25, 0.3) is 0 Å². The lowest BCUT2D eigenvalue weighted by Gasteiger charge is -2.35. The predicted molar refractivity (Wildman–Crippen MR) is 108 cm³/mol. The van der Waals surface area contributed by atoms with Gasteiger partial charge in [-0.05, 0) is 43.4 Å². The van der Waals surface area contributed by atoms with Gasteiger partial charge in [-0.3, -0.25) is 9.78 Å². The van der Waals surface area contributed by atoms with Crippen molar-refractivity contribution in [2.24, 2.45) is 5.92 Å². The molecule has 7 heteroatoms. The van der Waals surface area contributed by atoms with Gasteiger partial charge < -0.3 is 19.3 Å². The Morgan fingerprint density at radius 1 is 1.00 bits per heavy atom. The Hall–Kier alpha value is -2.83. The van der Waals surface area contributed by atoms with E-state index in [2.05, 4.69) is 31.9 Å². The predicted octanol–water partition coefficient (Wildman–Crippen LogP) is 2.83. The van der Waals surface area contributed by atoms with Crippen LogP contribution in [0.1, 0.15) is 37.3 Å². The lowest BCUT2D eigenvalue weighted by Crippen LogP contribution is -2.42. The van der Waals surface area contributed by atoms with Gasteiger partial charge in [0, 0.05) is 37.9 Å². The second-order valence-electron chi connectivity index (χ2n) is 7.92. The number of fused-ring (bicyclic) bond motifs is 1. The Morgan fingerprint density at radius 3 is 2.62 bits per heavy atom. The van der Waals surface area contributed by atoms with Crippen LogP contribution in [0.4, 0.5) is 5.82 Å². The van der Waals surface area contributed by atoms with Crippen LogP contribution in [0, 0.1) is 5.92 Å². The van der Waals surface area contributed by atoms with E-state index in [-0.39, 0.29) is 12.0 Å². The smallest absolute Gasteiger partial charge is 0.226 e. The zero-order valence-electron chi connectivity index (χ0n) is 16.5. The minimum absolute atomic E-state index is 0.0840. The van der Waals surface area contributed by atoms with Crippen LogP contribution in [-0.4, -0.2) is 53.6 Å². The largest absolute Gasteiger partial charge is 0.486 e. The Balaban J connectivity index is 1.26. The van der Waals surface area contributed by atoms with Crippen LogP contribution in [0.3, 0.4) is 0 Å². The summed E-state index contributed by atoms with van der Waals surface area (Å²) in [5.41, 5.74) is 1.15. The van der Waals surface area contributed by atoms with Crippen LogP contribution >= 0.6 is 0 Å². The summed E-state index contributed by atoms with van der Waals surface area (Å²) in [6, 6.07) is 6.25. The highest BCUT2D eigenvalue weighted by Crippen LogP contribution is 2.39. The second-order valence-corrected chi connectivity index (χ2v) is 7.92. The molecule has 1 amide bonds. The number of anilines is 1. The highest BCUT2D eigenvalue weighted by Gasteiger charge is 2.36. The molecule has 0 saturated carbocycles. The van der Waals surface area contributed by atoms with E-state index in [1.54, 1.807) is 18.6 Å². The minimum Gasteiger partial charge on any atom is -0.486 e. The topological polar surface area (TPSA) is 67.8 Å². The first kappa shape index (κ1) is 18.2. The maximum Gasteiger partial charge on any atom is 0.226 e. The fourth-order valence-electron chi connectivity index (χ4n) is 4.69. The zero-order valence-corrected chi connectivity index (χ0v) is 16.5. The fourth-order valence-corrected chi connectivity index (χ4v) is 4.69. The first-order valence-electron chi connectivity index (χ1n) is 10.5. The van der Waals surface area contributed by atoms with E-state index >= 15 is 0 Å². The average Bonchev–Trinajstić information content (AvgIpc) is 3.29. The molecule has 0 radical (unpaired) electrons. The van der Waals surface area contributed by atoms with Gasteiger partial charge in [0.25, 0.3) is 0 Å². The minimum atomic E-state index is 0.0840. The molecule has 0 bridgehead atoms. The van der Waals surface area contributed by atoms with Crippen molar-refractivity contribution in [2.75, 3.05) is 37.7 Å². The molecule has 2 saturated heterocycles. The molecule has 0 spiro atoms. The maximum atomic E-state index is 13.3. The summed E-state index contributed by atoms with van der Waals surface area (Å²) in [5.74, 6) is 2.87. The molecule has 4 heterocycles. The Bertz CT molecular complexity index is 868. The van der Waals surface area contributed by atoms with Crippen LogP contribution in [-0.2, 0) is 4.79 Å². The number of aromatic nitrogens is 2. The summed E-state index contributed by atoms with van der Waals surface area (Å²) in [7, 11) is 0. The lowest BCUT2D eigenvalue weighted by atomic mass is 9.94. The van der Waals surface area contributed by atoms with Gasteiger partial charge in [-0.2, -0.15) is 0 Å². The normalized spacial score (nSPS) is 22.0. The van der Waals surface area contributed by atoms with Gasteiger partial charge in [0.1, 0.15) is 19.0 Å². The molecular formula is C22H26N4O3. The third-order valence-electron chi connectivity index (χ3n) is 6.20. The van der Waals surface area contributed by atoms with Crippen LogP contribution in [0.15, 0.2) is 36.8 Å². The number of rotatable bonds is 3. The number of hydrogen-bond acceptors (Lipinski definition) is 6. The van der Waals surface area contributed by atoms with Crippen molar-refractivity contribution in [3.63, 3.8) is 0 Å². The number of benzene rings is 1. The number of likely N-dealkylation sites (tertiary alicyclic amines) is 1. The van der Waals surface area contributed by atoms with Crippen LogP contribution in [0.2, 0.25) is 0 Å². The number of piperidine rings is 1. The molecule has 29 heavy (non-hydrogen) atoms. The van der Waals surface area contributed by atoms with Crippen molar-refractivity contribution < 1.29 is 14.3 Å². The molecule has 0 aliphatic carbocycles. The average molecular weight is 394 g/mol. The van der Waals surface area contributed by atoms with Gasteiger partial charge in [0.15, 0.2) is 11.5 Å². The van der Waals surface area contributed by atoms with Gasteiger partial charge in [0.2, 0.25) is 5.91 Å². The third-order valence-corrected chi connectivity index (χ3v) is 6.20. The van der Waals surface area contributed by atoms with E-state index in [0.29, 0.717) is 19.1 Å². The van der Waals surface area contributed by atoms with Crippen molar-refractivity contribution >= 4 is 11.7 Å². The molecule has 152 valence electrons. The van der Waals surface area contributed by atoms with E-state index in [0.717, 1.165) is 68.2 Å². The van der Waals surface area contributed by atoms with Crippen LogP contribution in [0.5, 0.6) is 11.5 Å². The standard InChI is InChI=1S/C22H26N4O3/c27-22(16-5-10-25(11-6-16)21-15-23-7-8-24-21)26-9-1-2-18(26)17-3-4-19-20(14-17)29-13-12-28-19/h3-4,7-8,14-16,18H,1-2,5-6,9-13H2. The van der Waals surface area contributed by atoms with E-state index < -0.39 is 0 Å². The maximum absolute atomic E-state index is 13.3. The highest BCUT2D eigenvalue weighted by molar-refractivity contribution is 5.80. The summed E-state index contributed by atoms with van der Waals surface area (Å²) in [6.45, 7) is 3.69. The first-order chi connectivity index (χ1) is 14.3. The summed E-state index contributed by atoms with van der Waals surface area (Å²) in [5, 5.41) is 0. The molecular weight excluding hydrogens is 368 g/mol. The van der Waals surface area contributed by atoms with Crippen molar-refractivity contribution in [2.45, 2.75) is 31.7 Å². The summed E-state index contributed by atoms with van der Waals surface area (Å²) in [6.07, 6.45) is 8.97. The molecule has 1 unspecified atom stereocenters. The number of carbonyl (C=O) groups excluding carboxylic acids is 1. The van der Waals surface area contributed by atoms with E-state index in [1.165, 1.54) is 0 Å². The quantitative estimate of drug-likeness (QED) is 0.798. The number of hydrogen-bond donors (Lipinski definition) is 0. The zero-order chi connectivity index (χ0) is 19.6.